The topological polar surface area (TPSA) is 41.0 Å². The second-order valence-electron chi connectivity index (χ2n) is 5.08. The van der Waals surface area contributed by atoms with Crippen molar-refractivity contribution in [3.63, 3.8) is 0 Å². The Balaban J connectivity index is 1.92. The highest BCUT2D eigenvalue weighted by Gasteiger charge is 2.20. The van der Waals surface area contributed by atoms with E-state index in [-0.39, 0.29) is 0 Å². The van der Waals surface area contributed by atoms with Gasteiger partial charge in [0.1, 0.15) is 17.2 Å². The van der Waals surface area contributed by atoms with Crippen LogP contribution in [0.25, 0.3) is 0 Å². The maximum absolute atomic E-state index is 4.42. The first-order chi connectivity index (χ1) is 9.33. The summed E-state index contributed by atoms with van der Waals surface area (Å²) >= 11 is 1.67. The van der Waals surface area contributed by atoms with Crippen LogP contribution in [0.5, 0.6) is 0 Å². The molecule has 1 aliphatic rings. The van der Waals surface area contributed by atoms with E-state index in [4.69, 9.17) is 0 Å². The molecule has 0 aromatic carbocycles. The standard InChI is InChI=1S/C14H24N4S/c1-3-6-15-9-12-5-4-7-18(10-12)13-8-14(19-2)17-11-16-13/h8,11-12,15H,3-7,9-10H2,1-2H3. The van der Waals surface area contributed by atoms with Gasteiger partial charge < -0.3 is 10.2 Å². The van der Waals surface area contributed by atoms with Gasteiger partial charge in [-0.1, -0.05) is 6.92 Å². The fraction of sp³-hybridized carbons (Fsp3) is 0.714. The third-order valence-electron chi connectivity index (χ3n) is 3.54. The molecule has 1 aliphatic heterocycles. The third-order valence-corrected chi connectivity index (χ3v) is 4.18. The Labute approximate surface area is 120 Å². The summed E-state index contributed by atoms with van der Waals surface area (Å²) in [5.41, 5.74) is 0. The Kier molecular flexibility index (Phi) is 5.92. The number of anilines is 1. The first-order valence-corrected chi connectivity index (χ1v) is 8.37. The highest BCUT2D eigenvalue weighted by Crippen LogP contribution is 2.23. The van der Waals surface area contributed by atoms with Gasteiger partial charge in [-0.25, -0.2) is 9.97 Å². The Hall–Kier alpha value is -0.810. The van der Waals surface area contributed by atoms with Gasteiger partial charge in [0, 0.05) is 19.2 Å². The SMILES string of the molecule is CCCNCC1CCCN(c2cc(SC)ncn2)C1. The molecule has 19 heavy (non-hydrogen) atoms. The van der Waals surface area contributed by atoms with Crippen LogP contribution in [0.1, 0.15) is 26.2 Å². The first-order valence-electron chi connectivity index (χ1n) is 7.15. The van der Waals surface area contributed by atoms with Gasteiger partial charge in [-0.3, -0.25) is 0 Å². The number of hydrogen-bond donors (Lipinski definition) is 1. The number of rotatable bonds is 6. The van der Waals surface area contributed by atoms with Crippen molar-refractivity contribution < 1.29 is 0 Å². The largest absolute Gasteiger partial charge is 0.356 e. The molecule has 2 rings (SSSR count). The van der Waals surface area contributed by atoms with Crippen LogP contribution in [-0.2, 0) is 0 Å². The van der Waals surface area contributed by atoms with Gasteiger partial charge in [0.25, 0.3) is 0 Å². The van der Waals surface area contributed by atoms with Gasteiger partial charge in [0.2, 0.25) is 0 Å². The van der Waals surface area contributed by atoms with Gasteiger partial charge in [-0.15, -0.1) is 11.8 Å². The van der Waals surface area contributed by atoms with Crippen molar-refractivity contribution in [3.8, 4) is 0 Å². The van der Waals surface area contributed by atoms with Gasteiger partial charge in [-0.2, -0.15) is 0 Å². The lowest BCUT2D eigenvalue weighted by atomic mass is 9.98. The zero-order valence-electron chi connectivity index (χ0n) is 11.9. The van der Waals surface area contributed by atoms with Crippen molar-refractivity contribution in [2.24, 2.45) is 5.92 Å². The lowest BCUT2D eigenvalue weighted by molar-refractivity contribution is 0.391. The highest BCUT2D eigenvalue weighted by atomic mass is 32.2. The number of aromatic nitrogens is 2. The van der Waals surface area contributed by atoms with Crippen LogP contribution in [-0.4, -0.2) is 42.4 Å². The van der Waals surface area contributed by atoms with Gasteiger partial charge in [0.05, 0.1) is 0 Å². The van der Waals surface area contributed by atoms with Crippen LogP contribution in [0.15, 0.2) is 17.4 Å². The van der Waals surface area contributed by atoms with Crippen LogP contribution in [0.3, 0.4) is 0 Å². The first kappa shape index (κ1) is 14.6. The molecule has 2 heterocycles. The smallest absolute Gasteiger partial charge is 0.133 e. The van der Waals surface area contributed by atoms with Crippen molar-refractivity contribution in [3.05, 3.63) is 12.4 Å². The molecule has 4 nitrogen and oxygen atoms in total. The van der Waals surface area contributed by atoms with E-state index in [0.717, 1.165) is 42.9 Å². The minimum Gasteiger partial charge on any atom is -0.356 e. The van der Waals surface area contributed by atoms with E-state index in [0.29, 0.717) is 0 Å². The average molecular weight is 280 g/mol. The molecule has 1 atom stereocenters. The summed E-state index contributed by atoms with van der Waals surface area (Å²) in [5.74, 6) is 1.83. The normalized spacial score (nSPS) is 19.7. The summed E-state index contributed by atoms with van der Waals surface area (Å²) in [7, 11) is 0. The van der Waals surface area contributed by atoms with Gasteiger partial charge in [-0.05, 0) is 44.5 Å². The van der Waals surface area contributed by atoms with E-state index in [9.17, 15) is 0 Å². The number of thioether (sulfide) groups is 1. The molecule has 1 N–H and O–H groups in total. The molecule has 0 saturated carbocycles. The Morgan fingerprint density at radius 2 is 2.37 bits per heavy atom. The van der Waals surface area contributed by atoms with E-state index in [1.165, 1.54) is 19.3 Å². The van der Waals surface area contributed by atoms with Crippen LogP contribution in [0.2, 0.25) is 0 Å². The molecular formula is C14H24N4S. The van der Waals surface area contributed by atoms with E-state index < -0.39 is 0 Å². The summed E-state index contributed by atoms with van der Waals surface area (Å²) in [4.78, 5) is 11.1. The van der Waals surface area contributed by atoms with Crippen LogP contribution >= 0.6 is 11.8 Å². The van der Waals surface area contributed by atoms with E-state index in [2.05, 4.69) is 39.4 Å². The minimum atomic E-state index is 0.744. The monoisotopic (exact) mass is 280 g/mol. The summed E-state index contributed by atoms with van der Waals surface area (Å²) in [6.07, 6.45) is 7.53. The Morgan fingerprint density at radius 3 is 3.16 bits per heavy atom. The van der Waals surface area contributed by atoms with Crippen LogP contribution in [0.4, 0.5) is 5.82 Å². The summed E-state index contributed by atoms with van der Waals surface area (Å²) in [5, 5.41) is 4.59. The molecule has 0 bridgehead atoms. The predicted octanol–water partition coefficient (Wildman–Crippen LogP) is 2.41. The molecule has 1 fully saturated rings. The molecule has 0 aliphatic carbocycles. The summed E-state index contributed by atoms with van der Waals surface area (Å²) in [6, 6.07) is 2.10. The second-order valence-corrected chi connectivity index (χ2v) is 5.90. The maximum Gasteiger partial charge on any atom is 0.133 e. The van der Waals surface area contributed by atoms with E-state index in [1.807, 2.05) is 0 Å². The zero-order valence-corrected chi connectivity index (χ0v) is 12.7. The van der Waals surface area contributed by atoms with E-state index >= 15 is 0 Å². The maximum atomic E-state index is 4.42. The highest BCUT2D eigenvalue weighted by molar-refractivity contribution is 7.98. The second kappa shape index (κ2) is 7.70. The van der Waals surface area contributed by atoms with E-state index in [1.54, 1.807) is 18.1 Å². The Morgan fingerprint density at radius 1 is 1.47 bits per heavy atom. The zero-order chi connectivity index (χ0) is 13.5. The van der Waals surface area contributed by atoms with Crippen molar-refractivity contribution >= 4 is 17.6 Å². The average Bonchev–Trinajstić information content (AvgIpc) is 2.48. The van der Waals surface area contributed by atoms with Crippen LogP contribution in [0, 0.1) is 5.92 Å². The summed E-state index contributed by atoms with van der Waals surface area (Å²) in [6.45, 7) is 6.70. The van der Waals surface area contributed by atoms with Crippen molar-refractivity contribution in [2.75, 3.05) is 37.3 Å². The minimum absolute atomic E-state index is 0.744. The number of nitrogens with one attached hydrogen (secondary N) is 1. The number of hydrogen-bond acceptors (Lipinski definition) is 5. The quantitative estimate of drug-likeness (QED) is 0.492. The molecule has 5 heteroatoms. The van der Waals surface area contributed by atoms with Gasteiger partial charge >= 0.3 is 0 Å². The molecule has 1 saturated heterocycles. The predicted molar refractivity (Wildman–Crippen MR) is 81.9 cm³/mol. The number of nitrogens with zero attached hydrogens (tertiary/aromatic N) is 3. The Bertz CT molecular complexity index is 385. The summed E-state index contributed by atoms with van der Waals surface area (Å²) < 4.78 is 0. The molecule has 0 radical (unpaired) electrons. The van der Waals surface area contributed by atoms with Crippen molar-refractivity contribution in [1.29, 1.82) is 0 Å². The molecular weight excluding hydrogens is 256 g/mol. The fourth-order valence-corrected chi connectivity index (χ4v) is 2.91. The molecule has 0 amide bonds. The molecule has 1 unspecified atom stereocenters. The molecule has 1 aromatic heterocycles. The molecule has 106 valence electrons. The lowest BCUT2D eigenvalue weighted by Crippen LogP contribution is -2.40. The van der Waals surface area contributed by atoms with Crippen LogP contribution < -0.4 is 10.2 Å². The third kappa shape index (κ3) is 4.35. The van der Waals surface area contributed by atoms with Gasteiger partial charge in [0.15, 0.2) is 0 Å². The fourth-order valence-electron chi connectivity index (χ4n) is 2.54. The molecule has 0 spiro atoms. The lowest BCUT2D eigenvalue weighted by Gasteiger charge is -2.33. The van der Waals surface area contributed by atoms with Crippen molar-refractivity contribution in [2.45, 2.75) is 31.2 Å². The molecule has 1 aromatic rings. The number of piperidine rings is 1. The van der Waals surface area contributed by atoms with Crippen molar-refractivity contribution in [1.82, 2.24) is 15.3 Å².